The summed E-state index contributed by atoms with van der Waals surface area (Å²) >= 11 is 0. The fourth-order valence-electron chi connectivity index (χ4n) is 3.39. The zero-order valence-corrected chi connectivity index (χ0v) is 12.7. The lowest BCUT2D eigenvalue weighted by Crippen LogP contribution is -2.52. The molecule has 20 heavy (non-hydrogen) atoms. The van der Waals surface area contributed by atoms with Crippen molar-refractivity contribution in [3.8, 4) is 6.07 Å². The molecule has 0 spiro atoms. The van der Waals surface area contributed by atoms with Gasteiger partial charge in [0.1, 0.15) is 0 Å². The van der Waals surface area contributed by atoms with Gasteiger partial charge in [0.2, 0.25) is 5.91 Å². The second kappa shape index (κ2) is 7.64. The van der Waals surface area contributed by atoms with Crippen molar-refractivity contribution in [1.29, 1.82) is 5.26 Å². The SMILES string of the molecule is CCCCC(=O)N1CCN(C2CCC(C#N)CC2)CC1. The molecule has 1 aliphatic carbocycles. The van der Waals surface area contributed by atoms with Gasteiger partial charge in [0.15, 0.2) is 0 Å². The summed E-state index contributed by atoms with van der Waals surface area (Å²) in [4.78, 5) is 16.6. The van der Waals surface area contributed by atoms with Crippen molar-refractivity contribution >= 4 is 5.91 Å². The van der Waals surface area contributed by atoms with Crippen LogP contribution in [-0.4, -0.2) is 47.9 Å². The topological polar surface area (TPSA) is 47.3 Å². The van der Waals surface area contributed by atoms with Gasteiger partial charge in [0.25, 0.3) is 0 Å². The molecule has 1 saturated heterocycles. The van der Waals surface area contributed by atoms with E-state index in [0.29, 0.717) is 18.4 Å². The number of hydrogen-bond donors (Lipinski definition) is 0. The number of unbranched alkanes of at least 4 members (excludes halogenated alkanes) is 1. The fraction of sp³-hybridized carbons (Fsp3) is 0.875. The van der Waals surface area contributed by atoms with E-state index in [4.69, 9.17) is 5.26 Å². The quantitative estimate of drug-likeness (QED) is 0.793. The minimum Gasteiger partial charge on any atom is -0.340 e. The van der Waals surface area contributed by atoms with Crippen LogP contribution < -0.4 is 0 Å². The van der Waals surface area contributed by atoms with Crippen LogP contribution >= 0.6 is 0 Å². The maximum absolute atomic E-state index is 12.0. The number of rotatable bonds is 4. The highest BCUT2D eigenvalue weighted by Crippen LogP contribution is 2.27. The third kappa shape index (κ3) is 3.96. The Labute approximate surface area is 122 Å². The molecule has 1 amide bonds. The molecule has 0 atom stereocenters. The Morgan fingerprint density at radius 1 is 1.15 bits per heavy atom. The van der Waals surface area contributed by atoms with Crippen LogP contribution in [0.2, 0.25) is 0 Å². The molecule has 2 rings (SSSR count). The average molecular weight is 277 g/mol. The lowest BCUT2D eigenvalue weighted by atomic mass is 9.86. The number of piperazine rings is 1. The summed E-state index contributed by atoms with van der Waals surface area (Å²) in [7, 11) is 0. The van der Waals surface area contributed by atoms with Crippen LogP contribution in [0.4, 0.5) is 0 Å². The van der Waals surface area contributed by atoms with E-state index < -0.39 is 0 Å². The fourth-order valence-corrected chi connectivity index (χ4v) is 3.39. The molecule has 0 aromatic heterocycles. The van der Waals surface area contributed by atoms with Crippen LogP contribution in [0.1, 0.15) is 51.9 Å². The van der Waals surface area contributed by atoms with Gasteiger partial charge in [-0.15, -0.1) is 0 Å². The van der Waals surface area contributed by atoms with Crippen molar-refractivity contribution in [3.63, 3.8) is 0 Å². The van der Waals surface area contributed by atoms with Crippen LogP contribution in [0.5, 0.6) is 0 Å². The maximum atomic E-state index is 12.0. The Morgan fingerprint density at radius 2 is 1.80 bits per heavy atom. The van der Waals surface area contributed by atoms with Crippen LogP contribution in [0.25, 0.3) is 0 Å². The minimum absolute atomic E-state index is 0.281. The van der Waals surface area contributed by atoms with Gasteiger partial charge >= 0.3 is 0 Å². The summed E-state index contributed by atoms with van der Waals surface area (Å²) in [6.45, 7) is 5.93. The molecule has 0 bridgehead atoms. The van der Waals surface area contributed by atoms with Gasteiger partial charge in [-0.1, -0.05) is 13.3 Å². The molecule has 0 radical (unpaired) electrons. The third-order valence-electron chi connectivity index (χ3n) is 4.81. The highest BCUT2D eigenvalue weighted by molar-refractivity contribution is 5.76. The van der Waals surface area contributed by atoms with E-state index in [1.165, 1.54) is 0 Å². The molecule has 0 aromatic carbocycles. The first kappa shape index (κ1) is 15.3. The highest BCUT2D eigenvalue weighted by Gasteiger charge is 2.29. The molecule has 0 unspecified atom stereocenters. The second-order valence-corrected chi connectivity index (χ2v) is 6.15. The molecule has 4 nitrogen and oxygen atoms in total. The van der Waals surface area contributed by atoms with Crippen LogP contribution in [0.3, 0.4) is 0 Å². The normalized spacial score (nSPS) is 28.1. The van der Waals surface area contributed by atoms with E-state index in [1.54, 1.807) is 0 Å². The van der Waals surface area contributed by atoms with Crippen molar-refractivity contribution in [2.75, 3.05) is 26.2 Å². The summed E-state index contributed by atoms with van der Waals surface area (Å²) in [5.41, 5.74) is 0. The Kier molecular flexibility index (Phi) is 5.85. The van der Waals surface area contributed by atoms with E-state index in [-0.39, 0.29) is 5.92 Å². The summed E-state index contributed by atoms with van der Waals surface area (Å²) in [5, 5.41) is 8.95. The van der Waals surface area contributed by atoms with Crippen LogP contribution in [-0.2, 0) is 4.79 Å². The number of amides is 1. The van der Waals surface area contributed by atoms with Gasteiger partial charge in [-0.3, -0.25) is 9.69 Å². The molecule has 0 N–H and O–H groups in total. The largest absolute Gasteiger partial charge is 0.340 e. The molecular weight excluding hydrogens is 250 g/mol. The van der Waals surface area contributed by atoms with Crippen molar-refractivity contribution in [2.24, 2.45) is 5.92 Å². The molecule has 2 fully saturated rings. The molecule has 112 valence electrons. The van der Waals surface area contributed by atoms with Gasteiger partial charge in [-0.25, -0.2) is 0 Å². The van der Waals surface area contributed by atoms with Gasteiger partial charge in [0, 0.05) is 44.6 Å². The van der Waals surface area contributed by atoms with Crippen molar-refractivity contribution < 1.29 is 4.79 Å². The first-order chi connectivity index (χ1) is 9.74. The van der Waals surface area contributed by atoms with E-state index in [1.807, 2.05) is 4.90 Å². The average Bonchev–Trinajstić information content (AvgIpc) is 2.53. The summed E-state index contributed by atoms with van der Waals surface area (Å²) < 4.78 is 0. The van der Waals surface area contributed by atoms with Gasteiger partial charge in [0.05, 0.1) is 6.07 Å². The Hall–Kier alpha value is -1.08. The standard InChI is InChI=1S/C16H27N3O/c1-2-3-4-16(20)19-11-9-18(10-12-19)15-7-5-14(13-17)6-8-15/h14-15H,2-12H2,1H3. The molecular formula is C16H27N3O. The van der Waals surface area contributed by atoms with E-state index in [0.717, 1.165) is 64.7 Å². The van der Waals surface area contributed by atoms with E-state index >= 15 is 0 Å². The van der Waals surface area contributed by atoms with Crippen molar-refractivity contribution in [3.05, 3.63) is 0 Å². The Bertz CT molecular complexity index is 347. The third-order valence-corrected chi connectivity index (χ3v) is 4.81. The van der Waals surface area contributed by atoms with Gasteiger partial charge < -0.3 is 4.90 Å². The smallest absolute Gasteiger partial charge is 0.222 e. The number of carbonyl (C=O) groups is 1. The molecule has 1 saturated carbocycles. The first-order valence-corrected chi connectivity index (χ1v) is 8.16. The molecule has 1 heterocycles. The Balaban J connectivity index is 1.72. The predicted molar refractivity (Wildman–Crippen MR) is 79.0 cm³/mol. The van der Waals surface area contributed by atoms with Crippen LogP contribution in [0.15, 0.2) is 0 Å². The molecule has 2 aliphatic rings. The maximum Gasteiger partial charge on any atom is 0.222 e. The minimum atomic E-state index is 0.281. The first-order valence-electron chi connectivity index (χ1n) is 8.16. The second-order valence-electron chi connectivity index (χ2n) is 6.15. The van der Waals surface area contributed by atoms with Gasteiger partial charge in [-0.2, -0.15) is 5.26 Å². The number of hydrogen-bond acceptors (Lipinski definition) is 3. The van der Waals surface area contributed by atoms with Crippen LogP contribution in [0, 0.1) is 17.2 Å². The number of carbonyl (C=O) groups excluding carboxylic acids is 1. The molecule has 1 aliphatic heterocycles. The highest BCUT2D eigenvalue weighted by atomic mass is 16.2. The zero-order valence-electron chi connectivity index (χ0n) is 12.7. The van der Waals surface area contributed by atoms with E-state index in [9.17, 15) is 4.79 Å². The number of nitrogens with zero attached hydrogens (tertiary/aromatic N) is 3. The number of nitriles is 1. The summed E-state index contributed by atoms with van der Waals surface area (Å²) in [6.07, 6.45) is 7.23. The summed E-state index contributed by atoms with van der Waals surface area (Å²) in [6, 6.07) is 3.04. The molecule has 4 heteroatoms. The Morgan fingerprint density at radius 3 is 2.35 bits per heavy atom. The van der Waals surface area contributed by atoms with Gasteiger partial charge in [-0.05, 0) is 32.1 Å². The predicted octanol–water partition coefficient (Wildman–Crippen LogP) is 2.40. The lowest BCUT2D eigenvalue weighted by Gasteiger charge is -2.41. The summed E-state index contributed by atoms with van der Waals surface area (Å²) in [5.74, 6) is 0.614. The molecule has 0 aromatic rings. The monoisotopic (exact) mass is 277 g/mol. The van der Waals surface area contributed by atoms with Crippen molar-refractivity contribution in [1.82, 2.24) is 9.80 Å². The lowest BCUT2D eigenvalue weighted by molar-refractivity contribution is -0.133. The van der Waals surface area contributed by atoms with Crippen molar-refractivity contribution in [2.45, 2.75) is 57.9 Å². The van der Waals surface area contributed by atoms with E-state index in [2.05, 4.69) is 17.9 Å². The zero-order chi connectivity index (χ0) is 14.4.